The SMILES string of the molecule is CC#CCN[C@]1(CO)C[C@H](C)CC(C)(C)C1. The summed E-state index contributed by atoms with van der Waals surface area (Å²) in [5.74, 6) is 6.58. The second-order valence-corrected chi connectivity index (χ2v) is 6.07. The van der Waals surface area contributed by atoms with Gasteiger partial charge in [0.25, 0.3) is 0 Å². The fourth-order valence-corrected chi connectivity index (χ4v) is 3.37. The lowest BCUT2D eigenvalue weighted by atomic mass is 9.64. The van der Waals surface area contributed by atoms with E-state index in [-0.39, 0.29) is 12.1 Å². The zero-order chi connectivity index (χ0) is 12.2. The summed E-state index contributed by atoms with van der Waals surface area (Å²) in [6, 6.07) is 0. The van der Waals surface area contributed by atoms with Crippen LogP contribution in [0.3, 0.4) is 0 Å². The molecule has 16 heavy (non-hydrogen) atoms. The van der Waals surface area contributed by atoms with Gasteiger partial charge >= 0.3 is 0 Å². The van der Waals surface area contributed by atoms with Crippen LogP contribution in [-0.2, 0) is 0 Å². The lowest BCUT2D eigenvalue weighted by Crippen LogP contribution is -2.55. The maximum absolute atomic E-state index is 9.68. The van der Waals surface area contributed by atoms with Gasteiger partial charge in [-0.1, -0.05) is 26.7 Å². The second kappa shape index (κ2) is 5.21. The summed E-state index contributed by atoms with van der Waals surface area (Å²) in [6.45, 7) is 9.60. The van der Waals surface area contributed by atoms with Crippen LogP contribution in [0.1, 0.15) is 47.0 Å². The van der Waals surface area contributed by atoms with Gasteiger partial charge in [0.05, 0.1) is 13.2 Å². The Morgan fingerprint density at radius 2 is 2.06 bits per heavy atom. The fraction of sp³-hybridized carbons (Fsp3) is 0.857. The first-order valence-electron chi connectivity index (χ1n) is 6.18. The third-order valence-electron chi connectivity index (χ3n) is 3.49. The van der Waals surface area contributed by atoms with Gasteiger partial charge in [0.15, 0.2) is 0 Å². The van der Waals surface area contributed by atoms with Crippen LogP contribution < -0.4 is 5.32 Å². The average Bonchev–Trinajstić information content (AvgIpc) is 2.15. The average molecular weight is 223 g/mol. The Morgan fingerprint density at radius 1 is 1.38 bits per heavy atom. The molecule has 1 rings (SSSR count). The first kappa shape index (κ1) is 13.5. The highest BCUT2D eigenvalue weighted by atomic mass is 16.3. The summed E-state index contributed by atoms with van der Waals surface area (Å²) in [5.41, 5.74) is 0.193. The largest absolute Gasteiger partial charge is 0.394 e. The molecule has 1 saturated carbocycles. The van der Waals surface area contributed by atoms with Gasteiger partial charge in [-0.3, -0.25) is 5.32 Å². The van der Waals surface area contributed by atoms with Crippen LogP contribution in [0.25, 0.3) is 0 Å². The summed E-state index contributed by atoms with van der Waals surface area (Å²) in [4.78, 5) is 0. The molecule has 1 aliphatic carbocycles. The molecule has 2 atom stereocenters. The van der Waals surface area contributed by atoms with Gasteiger partial charge in [0.1, 0.15) is 0 Å². The molecule has 0 unspecified atom stereocenters. The second-order valence-electron chi connectivity index (χ2n) is 6.07. The number of rotatable bonds is 3. The summed E-state index contributed by atoms with van der Waals surface area (Å²) >= 11 is 0. The molecule has 0 spiro atoms. The highest BCUT2D eigenvalue weighted by molar-refractivity contribution is 5.04. The molecule has 0 saturated heterocycles. The van der Waals surface area contributed by atoms with Crippen LogP contribution in [0.15, 0.2) is 0 Å². The highest BCUT2D eigenvalue weighted by Gasteiger charge is 2.41. The van der Waals surface area contributed by atoms with Crippen LogP contribution in [0.5, 0.6) is 0 Å². The van der Waals surface area contributed by atoms with Gasteiger partial charge in [-0.25, -0.2) is 0 Å². The third-order valence-corrected chi connectivity index (χ3v) is 3.49. The molecule has 2 N–H and O–H groups in total. The van der Waals surface area contributed by atoms with Crippen molar-refractivity contribution in [3.05, 3.63) is 0 Å². The Labute approximate surface area is 99.8 Å². The first-order chi connectivity index (χ1) is 7.43. The smallest absolute Gasteiger partial charge is 0.0613 e. The molecule has 0 radical (unpaired) electrons. The summed E-state index contributed by atoms with van der Waals surface area (Å²) in [7, 11) is 0. The van der Waals surface area contributed by atoms with E-state index in [2.05, 4.69) is 37.9 Å². The fourth-order valence-electron chi connectivity index (χ4n) is 3.37. The van der Waals surface area contributed by atoms with Crippen molar-refractivity contribution in [1.82, 2.24) is 5.32 Å². The summed E-state index contributed by atoms with van der Waals surface area (Å²) in [6.07, 6.45) is 3.33. The molecular formula is C14H25NO. The van der Waals surface area contributed by atoms with E-state index in [9.17, 15) is 5.11 Å². The number of hydrogen-bond acceptors (Lipinski definition) is 2. The predicted molar refractivity (Wildman–Crippen MR) is 68.1 cm³/mol. The van der Waals surface area contributed by atoms with E-state index < -0.39 is 0 Å². The van der Waals surface area contributed by atoms with Crippen molar-refractivity contribution in [2.24, 2.45) is 11.3 Å². The first-order valence-corrected chi connectivity index (χ1v) is 6.18. The van der Waals surface area contributed by atoms with Crippen molar-refractivity contribution in [3.63, 3.8) is 0 Å². The van der Waals surface area contributed by atoms with E-state index in [0.29, 0.717) is 17.9 Å². The minimum Gasteiger partial charge on any atom is -0.394 e. The lowest BCUT2D eigenvalue weighted by molar-refractivity contribution is 0.0392. The monoisotopic (exact) mass is 223 g/mol. The van der Waals surface area contributed by atoms with Crippen LogP contribution in [0.2, 0.25) is 0 Å². The van der Waals surface area contributed by atoms with Gasteiger partial charge in [-0.2, -0.15) is 0 Å². The molecule has 1 aliphatic rings. The standard InChI is InChI=1S/C14H25NO/c1-5-6-7-15-14(11-16)9-12(2)8-13(3,4)10-14/h12,15-16H,7-11H2,1-4H3/t12-,14-/m1/s1. The van der Waals surface area contributed by atoms with Gasteiger partial charge in [-0.15, -0.1) is 5.92 Å². The molecule has 2 heteroatoms. The van der Waals surface area contributed by atoms with Crippen LogP contribution >= 0.6 is 0 Å². The van der Waals surface area contributed by atoms with E-state index in [0.717, 1.165) is 12.8 Å². The molecule has 1 fully saturated rings. The minimum atomic E-state index is -0.120. The van der Waals surface area contributed by atoms with Crippen LogP contribution in [0.4, 0.5) is 0 Å². The van der Waals surface area contributed by atoms with Crippen molar-refractivity contribution in [1.29, 1.82) is 0 Å². The van der Waals surface area contributed by atoms with Crippen molar-refractivity contribution in [2.75, 3.05) is 13.2 Å². The van der Waals surface area contributed by atoms with Crippen LogP contribution in [-0.4, -0.2) is 23.8 Å². The maximum atomic E-state index is 9.68. The normalized spacial score (nSPS) is 32.9. The van der Waals surface area contributed by atoms with Gasteiger partial charge in [0.2, 0.25) is 0 Å². The molecule has 0 bridgehead atoms. The van der Waals surface area contributed by atoms with Gasteiger partial charge < -0.3 is 5.11 Å². The Balaban J connectivity index is 2.72. The van der Waals surface area contributed by atoms with E-state index in [1.165, 1.54) is 6.42 Å². The molecule has 0 amide bonds. The molecular weight excluding hydrogens is 198 g/mol. The quantitative estimate of drug-likeness (QED) is 0.719. The molecule has 0 aromatic carbocycles. The number of hydrogen-bond donors (Lipinski definition) is 2. The molecule has 0 aliphatic heterocycles. The Bertz CT molecular complexity index is 287. The van der Waals surface area contributed by atoms with E-state index >= 15 is 0 Å². The van der Waals surface area contributed by atoms with Gasteiger partial charge in [-0.05, 0) is 37.5 Å². The summed E-state index contributed by atoms with van der Waals surface area (Å²) < 4.78 is 0. The Kier molecular flexibility index (Phi) is 4.41. The van der Waals surface area contributed by atoms with E-state index in [1.807, 2.05) is 6.92 Å². The Morgan fingerprint density at radius 3 is 2.56 bits per heavy atom. The van der Waals surface area contributed by atoms with Crippen LogP contribution in [0, 0.1) is 23.2 Å². The topological polar surface area (TPSA) is 32.3 Å². The number of aliphatic hydroxyl groups is 1. The minimum absolute atomic E-state index is 0.120. The maximum Gasteiger partial charge on any atom is 0.0613 e. The summed E-state index contributed by atoms with van der Waals surface area (Å²) in [5, 5.41) is 13.1. The zero-order valence-electron chi connectivity index (χ0n) is 11.1. The van der Waals surface area contributed by atoms with Crippen molar-refractivity contribution in [2.45, 2.75) is 52.5 Å². The van der Waals surface area contributed by atoms with E-state index in [4.69, 9.17) is 0 Å². The van der Waals surface area contributed by atoms with Crippen molar-refractivity contribution in [3.8, 4) is 11.8 Å². The zero-order valence-corrected chi connectivity index (χ0v) is 11.1. The van der Waals surface area contributed by atoms with E-state index in [1.54, 1.807) is 0 Å². The third kappa shape index (κ3) is 3.50. The number of nitrogens with one attached hydrogen (secondary N) is 1. The lowest BCUT2D eigenvalue weighted by Gasteiger charge is -2.47. The Hall–Kier alpha value is -0.520. The van der Waals surface area contributed by atoms with Crippen molar-refractivity contribution < 1.29 is 5.11 Å². The number of aliphatic hydroxyl groups excluding tert-OH is 1. The van der Waals surface area contributed by atoms with Gasteiger partial charge in [0, 0.05) is 5.54 Å². The molecule has 0 aromatic heterocycles. The molecule has 92 valence electrons. The highest BCUT2D eigenvalue weighted by Crippen LogP contribution is 2.43. The predicted octanol–water partition coefficient (Wildman–Crippen LogP) is 2.18. The molecule has 0 heterocycles. The van der Waals surface area contributed by atoms with Crippen molar-refractivity contribution >= 4 is 0 Å². The molecule has 2 nitrogen and oxygen atoms in total. The molecule has 0 aromatic rings.